The second-order valence-electron chi connectivity index (χ2n) is 4.02. The Morgan fingerprint density at radius 3 is 2.35 bits per heavy atom. The van der Waals surface area contributed by atoms with Gasteiger partial charge in [0.15, 0.2) is 0 Å². The molecular weight excluding hydrogens is 435 g/mol. The van der Waals surface area contributed by atoms with E-state index in [1.54, 1.807) is 30.3 Å². The highest BCUT2D eigenvalue weighted by Gasteiger charge is 2.11. The molecule has 2 aromatic rings. The third-order valence-electron chi connectivity index (χ3n) is 2.60. The summed E-state index contributed by atoms with van der Waals surface area (Å²) >= 11 is 5.50. The number of hydrogen-bond acceptors (Lipinski definition) is 2. The highest BCUT2D eigenvalue weighted by molar-refractivity contribution is 14.1. The molecule has 2 rings (SSSR count). The molecular formula is C14H10BrIN2O2. The summed E-state index contributed by atoms with van der Waals surface area (Å²) < 4.78 is 1.70. The third-order valence-corrected chi connectivity index (χ3v) is 3.96. The van der Waals surface area contributed by atoms with Gasteiger partial charge >= 0.3 is 0 Å². The number of nitrogens with one attached hydrogen (secondary N) is 1. The van der Waals surface area contributed by atoms with Crippen LogP contribution in [0.3, 0.4) is 0 Å². The van der Waals surface area contributed by atoms with Gasteiger partial charge in [-0.1, -0.05) is 0 Å². The average molecular weight is 445 g/mol. The molecule has 0 spiro atoms. The second kappa shape index (κ2) is 6.36. The van der Waals surface area contributed by atoms with E-state index < -0.39 is 5.91 Å². The third kappa shape index (κ3) is 3.57. The molecule has 0 unspecified atom stereocenters. The number of nitrogens with two attached hydrogens (primary N) is 1. The summed E-state index contributed by atoms with van der Waals surface area (Å²) in [6.07, 6.45) is 0. The van der Waals surface area contributed by atoms with E-state index in [0.717, 1.165) is 8.04 Å². The van der Waals surface area contributed by atoms with Gasteiger partial charge in [0.2, 0.25) is 5.91 Å². The van der Waals surface area contributed by atoms with Crippen LogP contribution in [0.5, 0.6) is 0 Å². The van der Waals surface area contributed by atoms with Crippen molar-refractivity contribution in [2.45, 2.75) is 0 Å². The molecule has 0 saturated carbocycles. The standard InChI is InChI=1S/C14H10BrIN2O2/c15-12-6-3-9(16)7-11(12)14(20)18-10-4-1-8(2-5-10)13(17)19/h1-7H,(H2,17,19)(H,18,20). The number of halogens is 2. The predicted molar refractivity (Wildman–Crippen MR) is 89.8 cm³/mol. The van der Waals surface area contributed by atoms with E-state index in [9.17, 15) is 9.59 Å². The van der Waals surface area contributed by atoms with Crippen LogP contribution in [-0.4, -0.2) is 11.8 Å². The molecule has 2 amide bonds. The number of carbonyl (C=O) groups excluding carboxylic acids is 2. The van der Waals surface area contributed by atoms with Gasteiger partial charge in [-0.25, -0.2) is 0 Å². The predicted octanol–water partition coefficient (Wildman–Crippen LogP) is 3.40. The number of hydrogen-bond donors (Lipinski definition) is 2. The van der Waals surface area contributed by atoms with Crippen molar-refractivity contribution >= 4 is 56.0 Å². The smallest absolute Gasteiger partial charge is 0.256 e. The molecule has 102 valence electrons. The van der Waals surface area contributed by atoms with Crippen LogP contribution in [0, 0.1) is 3.57 Å². The van der Waals surface area contributed by atoms with Gasteiger partial charge < -0.3 is 11.1 Å². The fraction of sp³-hybridized carbons (Fsp3) is 0. The van der Waals surface area contributed by atoms with Crippen molar-refractivity contribution in [3.8, 4) is 0 Å². The highest BCUT2D eigenvalue weighted by Crippen LogP contribution is 2.21. The van der Waals surface area contributed by atoms with E-state index >= 15 is 0 Å². The molecule has 0 heterocycles. The van der Waals surface area contributed by atoms with Crippen molar-refractivity contribution in [2.75, 3.05) is 5.32 Å². The molecule has 0 bridgehead atoms. The van der Waals surface area contributed by atoms with Crippen molar-refractivity contribution in [1.82, 2.24) is 0 Å². The minimum absolute atomic E-state index is 0.220. The van der Waals surface area contributed by atoms with E-state index in [4.69, 9.17) is 5.73 Å². The van der Waals surface area contributed by atoms with E-state index in [-0.39, 0.29) is 5.91 Å². The molecule has 0 saturated heterocycles. The number of amides is 2. The van der Waals surface area contributed by atoms with E-state index in [1.165, 1.54) is 0 Å². The Morgan fingerprint density at radius 1 is 1.10 bits per heavy atom. The first-order chi connectivity index (χ1) is 9.47. The minimum atomic E-state index is -0.497. The fourth-order valence-corrected chi connectivity index (χ4v) is 2.51. The lowest BCUT2D eigenvalue weighted by Crippen LogP contribution is -2.14. The molecule has 4 nitrogen and oxygen atoms in total. The van der Waals surface area contributed by atoms with Gasteiger partial charge in [-0.3, -0.25) is 9.59 Å². The molecule has 0 aliphatic rings. The van der Waals surface area contributed by atoms with Crippen LogP contribution in [0.1, 0.15) is 20.7 Å². The lowest BCUT2D eigenvalue weighted by atomic mass is 10.2. The van der Waals surface area contributed by atoms with Crippen molar-refractivity contribution in [3.05, 3.63) is 61.6 Å². The van der Waals surface area contributed by atoms with E-state index in [0.29, 0.717) is 16.8 Å². The van der Waals surface area contributed by atoms with Crippen LogP contribution in [-0.2, 0) is 0 Å². The summed E-state index contributed by atoms with van der Waals surface area (Å²) in [4.78, 5) is 23.1. The Labute approximate surface area is 138 Å². The summed E-state index contributed by atoms with van der Waals surface area (Å²) in [5.74, 6) is -0.717. The lowest BCUT2D eigenvalue weighted by molar-refractivity contribution is 0.0998. The van der Waals surface area contributed by atoms with Gasteiger partial charge in [0.05, 0.1) is 5.56 Å². The van der Waals surface area contributed by atoms with Gasteiger partial charge in [0.1, 0.15) is 0 Å². The molecule has 0 fully saturated rings. The van der Waals surface area contributed by atoms with Crippen molar-refractivity contribution in [1.29, 1.82) is 0 Å². The lowest BCUT2D eigenvalue weighted by Gasteiger charge is -2.08. The van der Waals surface area contributed by atoms with Crippen LogP contribution >= 0.6 is 38.5 Å². The number of carbonyl (C=O) groups is 2. The summed E-state index contributed by atoms with van der Waals surface area (Å²) in [7, 11) is 0. The number of benzene rings is 2. The van der Waals surface area contributed by atoms with Gasteiger partial charge in [-0.2, -0.15) is 0 Å². The Kier molecular flexibility index (Phi) is 4.77. The Morgan fingerprint density at radius 2 is 1.75 bits per heavy atom. The van der Waals surface area contributed by atoms with Crippen molar-refractivity contribution in [2.24, 2.45) is 5.73 Å². The van der Waals surface area contributed by atoms with Gasteiger partial charge in [-0.15, -0.1) is 0 Å². The first-order valence-electron chi connectivity index (χ1n) is 5.63. The zero-order valence-electron chi connectivity index (χ0n) is 10.2. The van der Waals surface area contributed by atoms with Crippen molar-refractivity contribution in [3.63, 3.8) is 0 Å². The van der Waals surface area contributed by atoms with E-state index in [1.807, 2.05) is 12.1 Å². The topological polar surface area (TPSA) is 72.2 Å². The Balaban J connectivity index is 2.19. The molecule has 3 N–H and O–H groups in total. The van der Waals surface area contributed by atoms with E-state index in [2.05, 4.69) is 43.8 Å². The van der Waals surface area contributed by atoms with Crippen LogP contribution in [0.15, 0.2) is 46.9 Å². The zero-order valence-corrected chi connectivity index (χ0v) is 13.9. The van der Waals surface area contributed by atoms with Crippen LogP contribution in [0.4, 0.5) is 5.69 Å². The number of anilines is 1. The molecule has 6 heteroatoms. The maximum atomic E-state index is 12.2. The molecule has 0 aliphatic carbocycles. The summed E-state index contributed by atoms with van der Waals surface area (Å²) in [6.45, 7) is 0. The monoisotopic (exact) mass is 444 g/mol. The first-order valence-corrected chi connectivity index (χ1v) is 7.51. The number of rotatable bonds is 3. The molecule has 0 atom stereocenters. The number of primary amides is 1. The minimum Gasteiger partial charge on any atom is -0.366 e. The Hall–Kier alpha value is -1.41. The average Bonchev–Trinajstić information content (AvgIpc) is 2.42. The van der Waals surface area contributed by atoms with Crippen LogP contribution < -0.4 is 11.1 Å². The quantitative estimate of drug-likeness (QED) is 0.712. The second-order valence-corrected chi connectivity index (χ2v) is 6.12. The summed E-state index contributed by atoms with van der Waals surface area (Å²) in [6, 6.07) is 11.9. The first kappa shape index (κ1) is 15.0. The van der Waals surface area contributed by atoms with Gasteiger partial charge in [0.25, 0.3) is 5.91 Å². The fourth-order valence-electron chi connectivity index (χ4n) is 1.59. The van der Waals surface area contributed by atoms with Gasteiger partial charge in [0, 0.05) is 19.3 Å². The van der Waals surface area contributed by atoms with Gasteiger partial charge in [-0.05, 0) is 81.0 Å². The Bertz CT molecular complexity index is 671. The molecule has 0 aromatic heterocycles. The van der Waals surface area contributed by atoms with Crippen molar-refractivity contribution < 1.29 is 9.59 Å². The van der Waals surface area contributed by atoms with Crippen LogP contribution in [0.2, 0.25) is 0 Å². The summed E-state index contributed by atoms with van der Waals surface area (Å²) in [5, 5.41) is 2.77. The summed E-state index contributed by atoms with van der Waals surface area (Å²) in [5.41, 5.74) is 6.71. The normalized spacial score (nSPS) is 10.1. The zero-order chi connectivity index (χ0) is 14.7. The highest BCUT2D eigenvalue weighted by atomic mass is 127. The largest absolute Gasteiger partial charge is 0.366 e. The molecule has 20 heavy (non-hydrogen) atoms. The maximum Gasteiger partial charge on any atom is 0.256 e. The maximum absolute atomic E-state index is 12.2. The SMILES string of the molecule is NC(=O)c1ccc(NC(=O)c2cc(I)ccc2Br)cc1. The molecule has 2 aromatic carbocycles. The molecule has 0 aliphatic heterocycles. The van der Waals surface area contributed by atoms with Crippen LogP contribution in [0.25, 0.3) is 0 Å². The molecule has 0 radical (unpaired) electrons.